The second kappa shape index (κ2) is 10.3. The first-order valence-corrected chi connectivity index (χ1v) is 11.3. The van der Waals surface area contributed by atoms with Crippen molar-refractivity contribution in [2.75, 3.05) is 50.7 Å². The molecule has 2 fully saturated rings. The Morgan fingerprint density at radius 2 is 1.34 bits per heavy atom. The second-order valence-corrected chi connectivity index (χ2v) is 8.35. The standard InChI is InChI=1S/C25H30N4O3/c30-23(19-26-24(31)20-7-3-1-4-8-20)28-13-11-21(12-14-28)25(32)29-17-15-27(16-18-29)22-9-5-2-6-10-22/h1-10,21H,11-19H2,(H,26,31). The number of anilines is 1. The summed E-state index contributed by atoms with van der Waals surface area (Å²) in [4.78, 5) is 43.7. The van der Waals surface area contributed by atoms with Gasteiger partial charge in [-0.1, -0.05) is 36.4 Å². The third-order valence-electron chi connectivity index (χ3n) is 6.35. The fourth-order valence-corrected chi connectivity index (χ4v) is 4.42. The monoisotopic (exact) mass is 434 g/mol. The lowest BCUT2D eigenvalue weighted by Crippen LogP contribution is -2.52. The van der Waals surface area contributed by atoms with Crippen molar-refractivity contribution in [3.8, 4) is 0 Å². The number of amides is 3. The van der Waals surface area contributed by atoms with Crippen molar-refractivity contribution in [3.63, 3.8) is 0 Å². The Bertz CT molecular complexity index is 919. The van der Waals surface area contributed by atoms with Gasteiger partial charge in [0.25, 0.3) is 5.91 Å². The van der Waals surface area contributed by atoms with Crippen molar-refractivity contribution < 1.29 is 14.4 Å². The van der Waals surface area contributed by atoms with Gasteiger partial charge in [-0.25, -0.2) is 0 Å². The summed E-state index contributed by atoms with van der Waals surface area (Å²) in [6.45, 7) is 4.24. The normalized spacial score (nSPS) is 17.2. The van der Waals surface area contributed by atoms with Gasteiger partial charge in [0, 0.05) is 56.4 Å². The van der Waals surface area contributed by atoms with E-state index in [0.717, 1.165) is 26.2 Å². The molecule has 0 atom stereocenters. The summed E-state index contributed by atoms with van der Waals surface area (Å²) in [6.07, 6.45) is 1.35. The molecule has 2 heterocycles. The molecule has 2 aliphatic rings. The molecule has 2 saturated heterocycles. The number of likely N-dealkylation sites (tertiary alicyclic amines) is 1. The van der Waals surface area contributed by atoms with Crippen LogP contribution in [0.3, 0.4) is 0 Å². The number of benzene rings is 2. The van der Waals surface area contributed by atoms with E-state index in [0.29, 0.717) is 31.5 Å². The molecule has 7 nitrogen and oxygen atoms in total. The largest absolute Gasteiger partial charge is 0.368 e. The lowest BCUT2D eigenvalue weighted by atomic mass is 9.95. The predicted molar refractivity (Wildman–Crippen MR) is 123 cm³/mol. The maximum absolute atomic E-state index is 13.0. The van der Waals surface area contributed by atoms with E-state index >= 15 is 0 Å². The van der Waals surface area contributed by atoms with E-state index in [1.165, 1.54) is 5.69 Å². The molecule has 0 spiro atoms. The molecular formula is C25H30N4O3. The molecule has 0 aromatic heterocycles. The highest BCUT2D eigenvalue weighted by Crippen LogP contribution is 2.22. The van der Waals surface area contributed by atoms with Crippen LogP contribution in [0, 0.1) is 5.92 Å². The fraction of sp³-hybridized carbons (Fsp3) is 0.400. The molecule has 168 valence electrons. The van der Waals surface area contributed by atoms with E-state index in [9.17, 15) is 14.4 Å². The Morgan fingerprint density at radius 1 is 0.750 bits per heavy atom. The SMILES string of the molecule is O=C(NCC(=O)N1CCC(C(=O)N2CCN(c3ccccc3)CC2)CC1)c1ccccc1. The van der Waals surface area contributed by atoms with Crippen molar-refractivity contribution in [2.24, 2.45) is 5.92 Å². The average molecular weight is 435 g/mol. The summed E-state index contributed by atoms with van der Waals surface area (Å²) in [5.74, 6) is -0.168. The Labute approximate surface area is 189 Å². The molecule has 2 aromatic carbocycles. The molecule has 0 aliphatic carbocycles. The Balaban J connectivity index is 1.19. The van der Waals surface area contributed by atoms with Crippen molar-refractivity contribution in [3.05, 3.63) is 66.2 Å². The van der Waals surface area contributed by atoms with E-state index in [1.54, 1.807) is 29.2 Å². The van der Waals surface area contributed by atoms with Crippen molar-refractivity contribution in [2.45, 2.75) is 12.8 Å². The maximum atomic E-state index is 13.0. The van der Waals surface area contributed by atoms with Gasteiger partial charge in [-0.05, 0) is 37.1 Å². The van der Waals surface area contributed by atoms with Crippen LogP contribution in [0.4, 0.5) is 5.69 Å². The Hall–Kier alpha value is -3.35. The topological polar surface area (TPSA) is 73.0 Å². The number of carbonyl (C=O) groups is 3. The zero-order chi connectivity index (χ0) is 22.3. The van der Waals surface area contributed by atoms with Gasteiger partial charge in [0.1, 0.15) is 0 Å². The van der Waals surface area contributed by atoms with Crippen LogP contribution in [-0.4, -0.2) is 73.3 Å². The molecule has 0 bridgehead atoms. The molecule has 0 unspecified atom stereocenters. The van der Waals surface area contributed by atoms with Crippen LogP contribution in [0.15, 0.2) is 60.7 Å². The number of rotatable bonds is 5. The zero-order valence-electron chi connectivity index (χ0n) is 18.3. The lowest BCUT2D eigenvalue weighted by Gasteiger charge is -2.39. The molecule has 7 heteroatoms. The number of nitrogens with zero attached hydrogens (tertiary/aromatic N) is 3. The summed E-state index contributed by atoms with van der Waals surface area (Å²) in [7, 11) is 0. The van der Waals surface area contributed by atoms with Gasteiger partial charge in [0.15, 0.2) is 0 Å². The highest BCUT2D eigenvalue weighted by molar-refractivity contribution is 5.96. The van der Waals surface area contributed by atoms with Crippen LogP contribution in [0.5, 0.6) is 0 Å². The van der Waals surface area contributed by atoms with Crippen LogP contribution >= 0.6 is 0 Å². The minimum Gasteiger partial charge on any atom is -0.368 e. The summed E-state index contributed by atoms with van der Waals surface area (Å²) < 4.78 is 0. The smallest absolute Gasteiger partial charge is 0.251 e. The highest BCUT2D eigenvalue weighted by atomic mass is 16.2. The third-order valence-corrected chi connectivity index (χ3v) is 6.35. The van der Waals surface area contributed by atoms with E-state index < -0.39 is 0 Å². The number of nitrogens with one attached hydrogen (secondary N) is 1. The van der Waals surface area contributed by atoms with Gasteiger partial charge in [-0.3, -0.25) is 14.4 Å². The average Bonchev–Trinajstić information content (AvgIpc) is 2.88. The van der Waals surface area contributed by atoms with Crippen molar-refractivity contribution in [1.29, 1.82) is 0 Å². The van der Waals surface area contributed by atoms with Crippen molar-refractivity contribution >= 4 is 23.4 Å². The number of hydrogen-bond acceptors (Lipinski definition) is 4. The summed E-state index contributed by atoms with van der Waals surface area (Å²) in [5, 5.41) is 2.69. The predicted octanol–water partition coefficient (Wildman–Crippen LogP) is 2.00. The van der Waals surface area contributed by atoms with Gasteiger partial charge < -0.3 is 20.0 Å². The van der Waals surface area contributed by atoms with Gasteiger partial charge in [0.05, 0.1) is 6.54 Å². The molecule has 0 radical (unpaired) electrons. The third kappa shape index (κ3) is 5.28. The van der Waals surface area contributed by atoms with Crippen LogP contribution in [0.2, 0.25) is 0 Å². The second-order valence-electron chi connectivity index (χ2n) is 8.35. The lowest BCUT2D eigenvalue weighted by molar-refractivity contribution is -0.140. The molecular weight excluding hydrogens is 404 g/mol. The molecule has 2 aliphatic heterocycles. The van der Waals surface area contributed by atoms with Crippen LogP contribution in [0.25, 0.3) is 0 Å². The number of para-hydroxylation sites is 1. The van der Waals surface area contributed by atoms with Gasteiger partial charge >= 0.3 is 0 Å². The zero-order valence-corrected chi connectivity index (χ0v) is 18.3. The first-order valence-electron chi connectivity index (χ1n) is 11.3. The van der Waals surface area contributed by atoms with Crippen LogP contribution < -0.4 is 10.2 Å². The number of piperazine rings is 1. The highest BCUT2D eigenvalue weighted by Gasteiger charge is 2.31. The quantitative estimate of drug-likeness (QED) is 0.781. The molecule has 3 amide bonds. The van der Waals surface area contributed by atoms with Gasteiger partial charge in [0.2, 0.25) is 11.8 Å². The molecule has 32 heavy (non-hydrogen) atoms. The number of carbonyl (C=O) groups excluding carboxylic acids is 3. The molecule has 4 rings (SSSR count). The Morgan fingerprint density at radius 3 is 1.97 bits per heavy atom. The first kappa shape index (κ1) is 21.9. The summed E-state index contributed by atoms with van der Waals surface area (Å²) in [5.41, 5.74) is 1.74. The minimum atomic E-state index is -0.251. The molecule has 2 aromatic rings. The number of hydrogen-bond donors (Lipinski definition) is 1. The van der Waals surface area contributed by atoms with E-state index in [-0.39, 0.29) is 30.2 Å². The summed E-state index contributed by atoms with van der Waals surface area (Å²) in [6, 6.07) is 19.2. The maximum Gasteiger partial charge on any atom is 0.251 e. The molecule has 1 N–H and O–H groups in total. The van der Waals surface area contributed by atoms with Gasteiger partial charge in [-0.15, -0.1) is 0 Å². The van der Waals surface area contributed by atoms with E-state index in [2.05, 4.69) is 22.3 Å². The van der Waals surface area contributed by atoms with Crippen molar-refractivity contribution in [1.82, 2.24) is 15.1 Å². The number of piperidine rings is 1. The first-order chi connectivity index (χ1) is 15.6. The van der Waals surface area contributed by atoms with E-state index in [1.807, 2.05) is 29.2 Å². The molecule has 0 saturated carbocycles. The van der Waals surface area contributed by atoms with Crippen LogP contribution in [0.1, 0.15) is 23.2 Å². The van der Waals surface area contributed by atoms with E-state index in [4.69, 9.17) is 0 Å². The van der Waals surface area contributed by atoms with Gasteiger partial charge in [-0.2, -0.15) is 0 Å². The summed E-state index contributed by atoms with van der Waals surface area (Å²) >= 11 is 0. The van der Waals surface area contributed by atoms with Crippen LogP contribution in [-0.2, 0) is 9.59 Å². The Kier molecular flexibility index (Phi) is 7.04. The minimum absolute atomic E-state index is 0.0201. The fourth-order valence-electron chi connectivity index (χ4n) is 4.42.